The Morgan fingerprint density at radius 2 is 2.06 bits per heavy atom. The predicted molar refractivity (Wildman–Crippen MR) is 67.3 cm³/mol. The van der Waals surface area contributed by atoms with Crippen LogP contribution in [0.3, 0.4) is 0 Å². The Hall–Kier alpha value is -2.43. The second kappa shape index (κ2) is 5.77. The van der Waals surface area contributed by atoms with Gasteiger partial charge in [-0.2, -0.15) is 0 Å². The first-order valence-electron chi connectivity index (χ1n) is 5.50. The molecule has 5 heteroatoms. The van der Waals surface area contributed by atoms with E-state index in [9.17, 15) is 4.79 Å². The number of aromatic nitrogens is 2. The number of aryl methyl sites for hydroxylation is 1. The van der Waals surface area contributed by atoms with Gasteiger partial charge in [0.2, 0.25) is 5.95 Å². The van der Waals surface area contributed by atoms with Crippen LogP contribution in [-0.2, 0) is 4.79 Å². The first-order chi connectivity index (χ1) is 8.74. The maximum atomic E-state index is 11.6. The molecule has 0 atom stereocenters. The average molecular weight is 243 g/mol. The van der Waals surface area contributed by atoms with Crippen LogP contribution in [0.5, 0.6) is 5.75 Å². The lowest BCUT2D eigenvalue weighted by molar-refractivity contribution is -0.118. The van der Waals surface area contributed by atoms with E-state index in [1.807, 2.05) is 25.1 Å². The first-order valence-corrected chi connectivity index (χ1v) is 5.50. The molecule has 0 unspecified atom stereocenters. The number of rotatable bonds is 4. The van der Waals surface area contributed by atoms with E-state index >= 15 is 0 Å². The second-order valence-electron chi connectivity index (χ2n) is 3.73. The maximum absolute atomic E-state index is 11.6. The predicted octanol–water partition coefficient (Wildman–Crippen LogP) is 1.80. The number of hydrogen-bond acceptors (Lipinski definition) is 4. The van der Waals surface area contributed by atoms with Gasteiger partial charge in [0.1, 0.15) is 5.75 Å². The Labute approximate surface area is 105 Å². The minimum atomic E-state index is -0.289. The third kappa shape index (κ3) is 3.55. The van der Waals surface area contributed by atoms with Crippen LogP contribution in [0.4, 0.5) is 5.95 Å². The van der Waals surface area contributed by atoms with Crippen LogP contribution in [0.25, 0.3) is 0 Å². The summed E-state index contributed by atoms with van der Waals surface area (Å²) in [6.07, 6.45) is 3.12. The van der Waals surface area contributed by atoms with Gasteiger partial charge >= 0.3 is 0 Å². The third-order valence-corrected chi connectivity index (χ3v) is 2.18. The summed E-state index contributed by atoms with van der Waals surface area (Å²) in [6, 6.07) is 9.19. The second-order valence-corrected chi connectivity index (χ2v) is 3.73. The lowest BCUT2D eigenvalue weighted by atomic mass is 10.2. The molecule has 0 bridgehead atoms. The van der Waals surface area contributed by atoms with Gasteiger partial charge in [-0.1, -0.05) is 12.1 Å². The normalized spacial score (nSPS) is 9.83. The number of hydrogen-bond donors (Lipinski definition) is 1. The fourth-order valence-corrected chi connectivity index (χ4v) is 1.38. The van der Waals surface area contributed by atoms with Crippen LogP contribution >= 0.6 is 0 Å². The molecule has 0 saturated heterocycles. The fourth-order valence-electron chi connectivity index (χ4n) is 1.38. The van der Waals surface area contributed by atoms with Gasteiger partial charge in [0.25, 0.3) is 5.91 Å². The molecule has 0 spiro atoms. The minimum Gasteiger partial charge on any atom is -0.484 e. The van der Waals surface area contributed by atoms with E-state index in [1.54, 1.807) is 24.5 Å². The summed E-state index contributed by atoms with van der Waals surface area (Å²) in [5.74, 6) is 0.650. The van der Waals surface area contributed by atoms with Crippen molar-refractivity contribution in [3.05, 3.63) is 48.3 Å². The highest BCUT2D eigenvalue weighted by atomic mass is 16.5. The summed E-state index contributed by atoms with van der Waals surface area (Å²) in [6.45, 7) is 1.90. The maximum Gasteiger partial charge on any atom is 0.264 e. The van der Waals surface area contributed by atoms with Crippen molar-refractivity contribution in [2.45, 2.75) is 6.92 Å². The number of ether oxygens (including phenoxy) is 1. The smallest absolute Gasteiger partial charge is 0.264 e. The zero-order valence-electron chi connectivity index (χ0n) is 9.96. The van der Waals surface area contributed by atoms with Crippen LogP contribution < -0.4 is 10.1 Å². The topological polar surface area (TPSA) is 64.1 Å². The molecule has 1 heterocycles. The molecule has 1 amide bonds. The Morgan fingerprint density at radius 1 is 1.28 bits per heavy atom. The molecular weight excluding hydrogens is 230 g/mol. The summed E-state index contributed by atoms with van der Waals surface area (Å²) in [5.41, 5.74) is 1.08. The summed E-state index contributed by atoms with van der Waals surface area (Å²) in [4.78, 5) is 19.3. The molecule has 18 heavy (non-hydrogen) atoms. The Balaban J connectivity index is 1.85. The van der Waals surface area contributed by atoms with E-state index < -0.39 is 0 Å². The van der Waals surface area contributed by atoms with Crippen molar-refractivity contribution in [2.75, 3.05) is 11.9 Å². The van der Waals surface area contributed by atoms with Gasteiger partial charge in [-0.25, -0.2) is 9.97 Å². The lowest BCUT2D eigenvalue weighted by Crippen LogP contribution is -2.21. The van der Waals surface area contributed by atoms with Crippen molar-refractivity contribution >= 4 is 11.9 Å². The molecule has 1 aromatic carbocycles. The molecule has 2 aromatic rings. The van der Waals surface area contributed by atoms with E-state index in [0.717, 1.165) is 5.56 Å². The highest BCUT2D eigenvalue weighted by Gasteiger charge is 2.04. The van der Waals surface area contributed by atoms with E-state index in [1.165, 1.54) is 0 Å². The molecule has 0 aliphatic carbocycles. The van der Waals surface area contributed by atoms with E-state index in [0.29, 0.717) is 5.75 Å². The Bertz CT molecular complexity index is 529. The minimum absolute atomic E-state index is 0.0678. The Morgan fingerprint density at radius 3 is 2.78 bits per heavy atom. The van der Waals surface area contributed by atoms with Crippen molar-refractivity contribution in [1.29, 1.82) is 0 Å². The van der Waals surface area contributed by atoms with Crippen molar-refractivity contribution in [3.8, 4) is 5.75 Å². The average Bonchev–Trinajstić information content (AvgIpc) is 2.38. The number of amides is 1. The molecule has 2 rings (SSSR count). The summed E-state index contributed by atoms with van der Waals surface area (Å²) in [7, 11) is 0. The first kappa shape index (κ1) is 12.0. The van der Waals surface area contributed by atoms with Gasteiger partial charge in [-0.05, 0) is 30.7 Å². The summed E-state index contributed by atoms with van der Waals surface area (Å²) < 4.78 is 5.35. The van der Waals surface area contributed by atoms with Crippen molar-refractivity contribution in [1.82, 2.24) is 9.97 Å². The van der Waals surface area contributed by atoms with Gasteiger partial charge in [-0.3, -0.25) is 10.1 Å². The number of anilines is 1. The summed E-state index contributed by atoms with van der Waals surface area (Å²) >= 11 is 0. The molecule has 0 radical (unpaired) electrons. The number of carbonyl (C=O) groups is 1. The fraction of sp³-hybridized carbons (Fsp3) is 0.154. The van der Waals surface area contributed by atoms with Crippen molar-refractivity contribution < 1.29 is 9.53 Å². The largest absolute Gasteiger partial charge is 0.484 e. The molecule has 0 fully saturated rings. The Kier molecular flexibility index (Phi) is 3.86. The monoisotopic (exact) mass is 243 g/mol. The van der Waals surface area contributed by atoms with Gasteiger partial charge in [0, 0.05) is 12.4 Å². The number of nitrogens with zero attached hydrogens (tertiary/aromatic N) is 2. The quantitative estimate of drug-likeness (QED) is 0.889. The summed E-state index contributed by atoms with van der Waals surface area (Å²) in [5, 5.41) is 2.54. The van der Waals surface area contributed by atoms with Gasteiger partial charge < -0.3 is 4.74 Å². The molecule has 0 saturated carbocycles. The SMILES string of the molecule is Cc1cccc(OCC(=O)Nc2ncccn2)c1. The van der Waals surface area contributed by atoms with Crippen LogP contribution in [0.2, 0.25) is 0 Å². The van der Waals surface area contributed by atoms with E-state index in [2.05, 4.69) is 15.3 Å². The third-order valence-electron chi connectivity index (χ3n) is 2.18. The van der Waals surface area contributed by atoms with Gasteiger partial charge in [-0.15, -0.1) is 0 Å². The molecule has 1 aromatic heterocycles. The highest BCUT2D eigenvalue weighted by Crippen LogP contribution is 2.12. The molecule has 0 aliphatic rings. The number of nitrogens with one attached hydrogen (secondary N) is 1. The van der Waals surface area contributed by atoms with Gasteiger partial charge in [0.15, 0.2) is 6.61 Å². The van der Waals surface area contributed by atoms with E-state index in [-0.39, 0.29) is 18.5 Å². The lowest BCUT2D eigenvalue weighted by Gasteiger charge is -2.06. The molecule has 1 N–H and O–H groups in total. The molecule has 0 aliphatic heterocycles. The number of carbonyl (C=O) groups excluding carboxylic acids is 1. The highest BCUT2D eigenvalue weighted by molar-refractivity contribution is 5.90. The van der Waals surface area contributed by atoms with Crippen LogP contribution in [-0.4, -0.2) is 22.5 Å². The molecule has 5 nitrogen and oxygen atoms in total. The van der Waals surface area contributed by atoms with Crippen LogP contribution in [0.1, 0.15) is 5.56 Å². The molecular formula is C13H13N3O2. The van der Waals surface area contributed by atoms with Crippen LogP contribution in [0, 0.1) is 6.92 Å². The van der Waals surface area contributed by atoms with Crippen LogP contribution in [0.15, 0.2) is 42.7 Å². The standard InChI is InChI=1S/C13H13N3O2/c1-10-4-2-5-11(8-10)18-9-12(17)16-13-14-6-3-7-15-13/h2-8H,9H2,1H3,(H,14,15,16,17). The van der Waals surface area contributed by atoms with Crippen molar-refractivity contribution in [3.63, 3.8) is 0 Å². The zero-order valence-corrected chi connectivity index (χ0v) is 9.96. The van der Waals surface area contributed by atoms with E-state index in [4.69, 9.17) is 4.74 Å². The van der Waals surface area contributed by atoms with Gasteiger partial charge in [0.05, 0.1) is 0 Å². The van der Waals surface area contributed by atoms with Crippen molar-refractivity contribution in [2.24, 2.45) is 0 Å². The zero-order chi connectivity index (χ0) is 12.8. The number of benzene rings is 1. The molecule has 92 valence electrons.